The van der Waals surface area contributed by atoms with Gasteiger partial charge in [0.1, 0.15) is 17.6 Å². The SMILES string of the molecule is C=CC(=O)OC1CCC(c2ccc(-c3cc(-c4ccc(OC(=O)C(=C)COC)cc4)ccc3OC(=O)C(=C)COC)cc2)CC1. The number of esters is 3. The minimum Gasteiger partial charge on any atom is -0.459 e. The first-order valence-electron chi connectivity index (χ1n) is 14.7. The van der Waals surface area contributed by atoms with Crippen molar-refractivity contribution in [3.8, 4) is 33.8 Å². The van der Waals surface area contributed by atoms with E-state index in [2.05, 4.69) is 31.9 Å². The van der Waals surface area contributed by atoms with Crippen molar-refractivity contribution in [2.75, 3.05) is 27.4 Å². The van der Waals surface area contributed by atoms with Crippen LogP contribution in [0, 0.1) is 0 Å². The Kier molecular flexibility index (Phi) is 11.6. The van der Waals surface area contributed by atoms with Gasteiger partial charge in [-0.05, 0) is 78.1 Å². The van der Waals surface area contributed by atoms with Gasteiger partial charge in [0.25, 0.3) is 0 Å². The highest BCUT2D eigenvalue weighted by Crippen LogP contribution is 2.38. The standard InChI is InChI=1S/C37H38O8/c1-6-35(38)43-31-16-11-27(12-17-31)26-7-9-29(10-8-26)33-21-30(15-20-34(33)45-37(40)25(3)23-42-5)28-13-18-32(19-14-28)44-36(39)24(2)22-41-4/h6-10,13-15,18-21,27,31H,1-3,11-12,16-17,22-23H2,4-5H3. The summed E-state index contributed by atoms with van der Waals surface area (Å²) in [6.45, 7) is 11.1. The zero-order chi connectivity index (χ0) is 32.3. The van der Waals surface area contributed by atoms with Crippen LogP contribution in [0.5, 0.6) is 11.5 Å². The average Bonchev–Trinajstić information content (AvgIpc) is 3.06. The predicted molar refractivity (Wildman–Crippen MR) is 172 cm³/mol. The lowest BCUT2D eigenvalue weighted by molar-refractivity contribution is -0.144. The maximum absolute atomic E-state index is 12.7. The summed E-state index contributed by atoms with van der Waals surface area (Å²) in [5.74, 6) is -0.375. The number of hydrogen-bond donors (Lipinski definition) is 0. The highest BCUT2D eigenvalue weighted by Gasteiger charge is 2.25. The number of ether oxygens (including phenoxy) is 5. The summed E-state index contributed by atoms with van der Waals surface area (Å²) >= 11 is 0. The Morgan fingerprint density at radius 3 is 1.87 bits per heavy atom. The van der Waals surface area contributed by atoms with Crippen LogP contribution in [0.3, 0.4) is 0 Å². The minimum absolute atomic E-state index is 0.0612. The van der Waals surface area contributed by atoms with Crippen molar-refractivity contribution >= 4 is 17.9 Å². The minimum atomic E-state index is -0.572. The van der Waals surface area contributed by atoms with E-state index in [-0.39, 0.29) is 36.4 Å². The van der Waals surface area contributed by atoms with Crippen molar-refractivity contribution in [2.24, 2.45) is 0 Å². The monoisotopic (exact) mass is 610 g/mol. The number of carbonyl (C=O) groups is 3. The van der Waals surface area contributed by atoms with E-state index in [9.17, 15) is 14.4 Å². The molecule has 234 valence electrons. The van der Waals surface area contributed by atoms with E-state index < -0.39 is 11.9 Å². The molecule has 0 unspecified atom stereocenters. The third-order valence-corrected chi connectivity index (χ3v) is 7.61. The molecule has 1 fully saturated rings. The largest absolute Gasteiger partial charge is 0.459 e. The van der Waals surface area contributed by atoms with Crippen molar-refractivity contribution in [3.05, 3.63) is 109 Å². The van der Waals surface area contributed by atoms with Crippen LogP contribution >= 0.6 is 0 Å². The van der Waals surface area contributed by atoms with Crippen LogP contribution in [-0.4, -0.2) is 51.4 Å². The fraction of sp³-hybridized carbons (Fsp3) is 0.270. The summed E-state index contributed by atoms with van der Waals surface area (Å²) in [4.78, 5) is 36.5. The van der Waals surface area contributed by atoms with E-state index >= 15 is 0 Å². The summed E-state index contributed by atoms with van der Waals surface area (Å²) in [5, 5.41) is 0. The number of methoxy groups -OCH3 is 2. The summed E-state index contributed by atoms with van der Waals surface area (Å²) in [6, 6.07) is 20.9. The van der Waals surface area contributed by atoms with Gasteiger partial charge in [0.2, 0.25) is 0 Å². The Labute approximate surface area is 263 Å². The summed E-state index contributed by atoms with van der Waals surface area (Å²) in [7, 11) is 2.97. The molecule has 3 aromatic carbocycles. The molecule has 8 nitrogen and oxygen atoms in total. The van der Waals surface area contributed by atoms with Gasteiger partial charge in [0.05, 0.1) is 24.4 Å². The van der Waals surface area contributed by atoms with Crippen LogP contribution < -0.4 is 9.47 Å². The summed E-state index contributed by atoms with van der Waals surface area (Å²) in [5.41, 5.74) is 4.97. The van der Waals surface area contributed by atoms with E-state index in [0.29, 0.717) is 17.4 Å². The Morgan fingerprint density at radius 1 is 0.733 bits per heavy atom. The molecule has 0 heterocycles. The molecule has 0 aromatic heterocycles. The topological polar surface area (TPSA) is 97.4 Å². The summed E-state index contributed by atoms with van der Waals surface area (Å²) < 4.78 is 26.6. The Balaban J connectivity index is 1.57. The van der Waals surface area contributed by atoms with E-state index in [0.717, 1.165) is 47.9 Å². The molecule has 1 aliphatic rings. The molecule has 0 radical (unpaired) electrons. The number of carbonyl (C=O) groups excluding carboxylic acids is 3. The Bertz CT molecular complexity index is 1540. The zero-order valence-electron chi connectivity index (χ0n) is 25.7. The molecule has 0 amide bonds. The third kappa shape index (κ3) is 8.88. The maximum Gasteiger partial charge on any atom is 0.341 e. The molecule has 0 spiro atoms. The molecule has 0 atom stereocenters. The lowest BCUT2D eigenvalue weighted by atomic mass is 9.82. The van der Waals surface area contributed by atoms with Crippen LogP contribution in [0.25, 0.3) is 22.3 Å². The molecule has 8 heteroatoms. The fourth-order valence-electron chi connectivity index (χ4n) is 5.22. The second kappa shape index (κ2) is 15.8. The van der Waals surface area contributed by atoms with Crippen LogP contribution in [-0.2, 0) is 28.6 Å². The first-order valence-corrected chi connectivity index (χ1v) is 14.7. The zero-order valence-corrected chi connectivity index (χ0v) is 25.7. The van der Waals surface area contributed by atoms with Gasteiger partial charge in [0, 0.05) is 25.9 Å². The molecule has 1 aliphatic carbocycles. The quantitative estimate of drug-likeness (QED) is 0.116. The molecule has 0 saturated heterocycles. The normalized spacial score (nSPS) is 15.9. The lowest BCUT2D eigenvalue weighted by Crippen LogP contribution is -2.23. The van der Waals surface area contributed by atoms with Gasteiger partial charge in [-0.15, -0.1) is 0 Å². The van der Waals surface area contributed by atoms with E-state index in [1.807, 2.05) is 36.4 Å². The van der Waals surface area contributed by atoms with E-state index in [4.69, 9.17) is 23.7 Å². The van der Waals surface area contributed by atoms with Gasteiger partial charge >= 0.3 is 17.9 Å². The molecule has 0 N–H and O–H groups in total. The number of rotatable bonds is 13. The van der Waals surface area contributed by atoms with Crippen LogP contribution in [0.15, 0.2) is 104 Å². The predicted octanol–water partition coefficient (Wildman–Crippen LogP) is 6.99. The van der Waals surface area contributed by atoms with Gasteiger partial charge in [0.15, 0.2) is 0 Å². The molecular weight excluding hydrogens is 572 g/mol. The molecule has 4 rings (SSSR count). The van der Waals surface area contributed by atoms with Gasteiger partial charge in [-0.1, -0.05) is 62.2 Å². The highest BCUT2D eigenvalue weighted by atomic mass is 16.5. The van der Waals surface area contributed by atoms with Crippen molar-refractivity contribution in [1.82, 2.24) is 0 Å². The van der Waals surface area contributed by atoms with Crippen LogP contribution in [0.1, 0.15) is 37.2 Å². The van der Waals surface area contributed by atoms with Crippen LogP contribution in [0.4, 0.5) is 0 Å². The molecule has 1 saturated carbocycles. The van der Waals surface area contributed by atoms with E-state index in [1.54, 1.807) is 18.2 Å². The first kappa shape index (κ1) is 33.1. The van der Waals surface area contributed by atoms with Gasteiger partial charge in [-0.2, -0.15) is 0 Å². The van der Waals surface area contributed by atoms with Crippen molar-refractivity contribution in [2.45, 2.75) is 37.7 Å². The second-order valence-electron chi connectivity index (χ2n) is 10.8. The molecular formula is C37H38O8. The lowest BCUT2D eigenvalue weighted by Gasteiger charge is -2.28. The number of hydrogen-bond acceptors (Lipinski definition) is 8. The van der Waals surface area contributed by atoms with Gasteiger partial charge < -0.3 is 23.7 Å². The van der Waals surface area contributed by atoms with Crippen molar-refractivity contribution in [1.29, 1.82) is 0 Å². The Hall–Kier alpha value is -4.79. The second-order valence-corrected chi connectivity index (χ2v) is 10.8. The molecule has 0 bridgehead atoms. The number of benzene rings is 3. The smallest absolute Gasteiger partial charge is 0.341 e. The molecule has 45 heavy (non-hydrogen) atoms. The third-order valence-electron chi connectivity index (χ3n) is 7.61. The molecule has 0 aliphatic heterocycles. The highest BCUT2D eigenvalue weighted by molar-refractivity contribution is 5.92. The van der Waals surface area contributed by atoms with Crippen LogP contribution in [0.2, 0.25) is 0 Å². The first-order chi connectivity index (χ1) is 21.7. The summed E-state index contributed by atoms with van der Waals surface area (Å²) in [6.07, 6.45) is 4.57. The van der Waals surface area contributed by atoms with Gasteiger partial charge in [-0.25, -0.2) is 14.4 Å². The Morgan fingerprint density at radius 2 is 1.29 bits per heavy atom. The van der Waals surface area contributed by atoms with Crippen molar-refractivity contribution < 1.29 is 38.1 Å². The maximum atomic E-state index is 12.7. The van der Waals surface area contributed by atoms with Crippen molar-refractivity contribution in [3.63, 3.8) is 0 Å². The van der Waals surface area contributed by atoms with E-state index in [1.165, 1.54) is 25.9 Å². The average molecular weight is 611 g/mol. The molecule has 3 aromatic rings. The fourth-order valence-corrected chi connectivity index (χ4v) is 5.22. The van der Waals surface area contributed by atoms with Gasteiger partial charge in [-0.3, -0.25) is 0 Å².